The summed E-state index contributed by atoms with van der Waals surface area (Å²) < 4.78 is 3.62. The van der Waals surface area contributed by atoms with E-state index >= 15 is 0 Å². The Balaban J connectivity index is 2.04. The number of rotatable bonds is 5. The molecule has 1 heterocycles. The minimum Gasteiger partial charge on any atom is -0.359 e. The van der Waals surface area contributed by atoms with Crippen LogP contribution in [0.5, 0.6) is 0 Å². The van der Waals surface area contributed by atoms with Crippen molar-refractivity contribution >= 4 is 16.7 Å². The molecule has 1 rings (SSSR count). The molecule has 0 aliphatic rings. The summed E-state index contributed by atoms with van der Waals surface area (Å²) in [5.74, 6) is 0. The van der Waals surface area contributed by atoms with Gasteiger partial charge in [-0.15, -0.1) is 0 Å². The van der Waals surface area contributed by atoms with Crippen molar-refractivity contribution in [3.05, 3.63) is 0 Å². The third kappa shape index (κ3) is 3.24. The molecule has 1 aromatic rings. The van der Waals surface area contributed by atoms with E-state index in [0.717, 1.165) is 24.6 Å². The number of aromatic nitrogens is 3. The maximum absolute atomic E-state index is 3.74. The van der Waals surface area contributed by atoms with Crippen LogP contribution in [0.15, 0.2) is 0 Å². The monoisotopic (exact) mass is 173 g/mol. The van der Waals surface area contributed by atoms with Crippen molar-refractivity contribution in [1.29, 1.82) is 0 Å². The highest BCUT2D eigenvalue weighted by molar-refractivity contribution is 7.09. The molecule has 6 heteroatoms. The van der Waals surface area contributed by atoms with E-state index in [2.05, 4.69) is 25.4 Å². The van der Waals surface area contributed by atoms with Crippen LogP contribution in [-0.2, 0) is 0 Å². The molecule has 11 heavy (non-hydrogen) atoms. The van der Waals surface area contributed by atoms with Crippen LogP contribution in [0, 0.1) is 0 Å². The quantitative estimate of drug-likeness (QED) is 0.611. The van der Waals surface area contributed by atoms with Crippen LogP contribution in [0.2, 0.25) is 0 Å². The van der Waals surface area contributed by atoms with Crippen molar-refractivity contribution in [1.82, 2.24) is 20.1 Å². The maximum Gasteiger partial charge on any atom is 0.225 e. The SMILES string of the molecule is CNCCCNc1nnns1. The second-order valence-electron chi connectivity index (χ2n) is 2.05. The summed E-state index contributed by atoms with van der Waals surface area (Å²) in [6.45, 7) is 1.93. The average Bonchev–Trinajstić information content (AvgIpc) is 2.50. The third-order valence-electron chi connectivity index (χ3n) is 1.18. The summed E-state index contributed by atoms with van der Waals surface area (Å²) >= 11 is 1.28. The van der Waals surface area contributed by atoms with Gasteiger partial charge in [0.15, 0.2) is 0 Å². The Morgan fingerprint density at radius 1 is 1.45 bits per heavy atom. The molecule has 2 N–H and O–H groups in total. The zero-order valence-corrected chi connectivity index (χ0v) is 7.19. The van der Waals surface area contributed by atoms with Crippen LogP contribution in [0.4, 0.5) is 5.13 Å². The fraction of sp³-hybridized carbons (Fsp3) is 0.800. The van der Waals surface area contributed by atoms with E-state index in [1.54, 1.807) is 0 Å². The Kier molecular flexibility index (Phi) is 3.77. The summed E-state index contributed by atoms with van der Waals surface area (Å²) in [4.78, 5) is 0. The molecule has 0 fully saturated rings. The van der Waals surface area contributed by atoms with E-state index in [4.69, 9.17) is 0 Å². The van der Waals surface area contributed by atoms with Crippen LogP contribution in [0.25, 0.3) is 0 Å². The molecule has 0 unspecified atom stereocenters. The lowest BCUT2D eigenvalue weighted by atomic mass is 10.4. The highest BCUT2D eigenvalue weighted by atomic mass is 32.1. The smallest absolute Gasteiger partial charge is 0.225 e. The summed E-state index contributed by atoms with van der Waals surface area (Å²) in [5.41, 5.74) is 0. The Morgan fingerprint density at radius 3 is 3.00 bits per heavy atom. The van der Waals surface area contributed by atoms with Gasteiger partial charge in [0.1, 0.15) is 0 Å². The van der Waals surface area contributed by atoms with Crippen molar-refractivity contribution in [2.75, 3.05) is 25.5 Å². The molecule has 0 bridgehead atoms. The van der Waals surface area contributed by atoms with E-state index in [0.29, 0.717) is 0 Å². The molecule has 0 aliphatic carbocycles. The maximum atomic E-state index is 3.74. The number of anilines is 1. The highest BCUT2D eigenvalue weighted by Crippen LogP contribution is 2.03. The molecule has 5 nitrogen and oxygen atoms in total. The summed E-state index contributed by atoms with van der Waals surface area (Å²) in [5, 5.41) is 14.2. The molecular weight excluding hydrogens is 162 g/mol. The lowest BCUT2D eigenvalue weighted by Gasteiger charge is -1.99. The zero-order chi connectivity index (χ0) is 7.94. The Labute approximate surface area is 69.4 Å². The first-order valence-corrected chi connectivity index (χ1v) is 4.24. The van der Waals surface area contributed by atoms with Gasteiger partial charge in [0, 0.05) is 18.1 Å². The van der Waals surface area contributed by atoms with Gasteiger partial charge in [-0.05, 0) is 25.2 Å². The Hall–Kier alpha value is -0.750. The van der Waals surface area contributed by atoms with Gasteiger partial charge < -0.3 is 10.6 Å². The van der Waals surface area contributed by atoms with Gasteiger partial charge in [-0.1, -0.05) is 9.59 Å². The number of hydrogen-bond donors (Lipinski definition) is 2. The van der Waals surface area contributed by atoms with Gasteiger partial charge in [-0.2, -0.15) is 0 Å². The Bertz CT molecular complexity index is 175. The van der Waals surface area contributed by atoms with E-state index < -0.39 is 0 Å². The van der Waals surface area contributed by atoms with Crippen LogP contribution in [-0.4, -0.2) is 34.9 Å². The van der Waals surface area contributed by atoms with E-state index in [1.807, 2.05) is 7.05 Å². The number of nitrogens with zero attached hydrogens (tertiary/aromatic N) is 3. The minimum atomic E-state index is 0.793. The number of hydrogen-bond acceptors (Lipinski definition) is 6. The fourth-order valence-corrected chi connectivity index (χ4v) is 1.05. The second kappa shape index (κ2) is 4.97. The first kappa shape index (κ1) is 8.35. The summed E-state index contributed by atoms with van der Waals surface area (Å²) in [6.07, 6.45) is 1.08. The molecule has 0 amide bonds. The van der Waals surface area contributed by atoms with Crippen LogP contribution < -0.4 is 10.6 Å². The van der Waals surface area contributed by atoms with Crippen LogP contribution in [0.1, 0.15) is 6.42 Å². The van der Waals surface area contributed by atoms with Crippen molar-refractivity contribution in [3.63, 3.8) is 0 Å². The molecule has 0 radical (unpaired) electrons. The molecule has 0 atom stereocenters. The Morgan fingerprint density at radius 2 is 2.36 bits per heavy atom. The molecule has 62 valence electrons. The van der Waals surface area contributed by atoms with Gasteiger partial charge >= 0.3 is 0 Å². The van der Waals surface area contributed by atoms with Crippen LogP contribution >= 0.6 is 11.5 Å². The van der Waals surface area contributed by atoms with Crippen molar-refractivity contribution in [3.8, 4) is 0 Å². The summed E-state index contributed by atoms with van der Waals surface area (Å²) in [7, 11) is 1.94. The molecule has 0 saturated carbocycles. The zero-order valence-electron chi connectivity index (χ0n) is 6.37. The van der Waals surface area contributed by atoms with Gasteiger partial charge in [0.2, 0.25) is 5.13 Å². The molecule has 1 aromatic heterocycles. The molecular formula is C5H11N5S. The highest BCUT2D eigenvalue weighted by Gasteiger charge is 1.93. The first-order valence-electron chi connectivity index (χ1n) is 3.47. The van der Waals surface area contributed by atoms with Crippen molar-refractivity contribution < 1.29 is 0 Å². The molecule has 0 saturated heterocycles. The predicted molar refractivity (Wildman–Crippen MR) is 44.7 cm³/mol. The molecule has 0 spiro atoms. The van der Waals surface area contributed by atoms with Crippen LogP contribution in [0.3, 0.4) is 0 Å². The van der Waals surface area contributed by atoms with E-state index in [-0.39, 0.29) is 0 Å². The van der Waals surface area contributed by atoms with Crippen molar-refractivity contribution in [2.45, 2.75) is 6.42 Å². The normalized spacial score (nSPS) is 9.91. The minimum absolute atomic E-state index is 0.793. The lowest BCUT2D eigenvalue weighted by Crippen LogP contribution is -2.12. The number of nitrogens with one attached hydrogen (secondary N) is 2. The second-order valence-corrected chi connectivity index (χ2v) is 2.78. The molecule has 0 aliphatic heterocycles. The molecule has 0 aromatic carbocycles. The van der Waals surface area contributed by atoms with Crippen molar-refractivity contribution in [2.24, 2.45) is 0 Å². The van der Waals surface area contributed by atoms with Gasteiger partial charge in [0.25, 0.3) is 0 Å². The lowest BCUT2D eigenvalue weighted by molar-refractivity contribution is 0.747. The fourth-order valence-electron chi connectivity index (χ4n) is 0.662. The topological polar surface area (TPSA) is 62.7 Å². The average molecular weight is 173 g/mol. The standard InChI is InChI=1S/C5H11N5S/c1-6-3-2-4-7-5-8-9-10-11-5/h6H,2-4H2,1H3,(H,7,8,10). The third-order valence-corrected chi connectivity index (χ3v) is 1.73. The largest absolute Gasteiger partial charge is 0.359 e. The van der Waals surface area contributed by atoms with E-state index in [1.165, 1.54) is 11.5 Å². The van der Waals surface area contributed by atoms with Gasteiger partial charge in [-0.25, -0.2) is 0 Å². The van der Waals surface area contributed by atoms with Gasteiger partial charge in [0.05, 0.1) is 0 Å². The van der Waals surface area contributed by atoms with Gasteiger partial charge in [-0.3, -0.25) is 0 Å². The van der Waals surface area contributed by atoms with E-state index in [9.17, 15) is 0 Å². The first-order chi connectivity index (χ1) is 5.43. The summed E-state index contributed by atoms with van der Waals surface area (Å²) in [6, 6.07) is 0. The predicted octanol–water partition coefficient (Wildman–Crippen LogP) is -0.0455.